The minimum atomic E-state index is 0.189. The lowest BCUT2D eigenvalue weighted by Crippen LogP contribution is -2.43. The van der Waals surface area contributed by atoms with Crippen LogP contribution in [0.1, 0.15) is 112 Å². The van der Waals surface area contributed by atoms with Crippen LogP contribution in [0.2, 0.25) is 0 Å². The van der Waals surface area contributed by atoms with Gasteiger partial charge in [0.05, 0.1) is 0 Å². The largest absolute Gasteiger partial charge is 0.508 e. The quantitative estimate of drug-likeness (QED) is 0.360. The summed E-state index contributed by atoms with van der Waals surface area (Å²) in [6, 6.07) is 12.2. The van der Waals surface area contributed by atoms with Crippen molar-refractivity contribution >= 4 is 11.4 Å². The highest BCUT2D eigenvalue weighted by Gasteiger charge is 2.55. The summed E-state index contributed by atoms with van der Waals surface area (Å²) in [5, 5.41) is 30.4. The first-order valence-corrected chi connectivity index (χ1v) is 16.1. The number of nitrogens with zero attached hydrogens (tertiary/aromatic N) is 2. The van der Waals surface area contributed by atoms with Gasteiger partial charge < -0.3 is 10.2 Å². The van der Waals surface area contributed by atoms with Crippen LogP contribution in [0.4, 0.5) is 0 Å². The smallest absolute Gasteiger partial charge is 0.115 e. The number of hydrogen-bond acceptors (Lipinski definition) is 4. The van der Waals surface area contributed by atoms with Gasteiger partial charge in [-0.1, -0.05) is 26.0 Å². The lowest BCUT2D eigenvalue weighted by atomic mass is 9.55. The molecule has 2 aromatic rings. The minimum Gasteiger partial charge on any atom is -0.508 e. The standard InChI is InChI=1S/C36H44N2O2/c1-35-17-15-27-25-9-5-23(39)19-21(25)3-7-29(27)31(35)11-13-33(35)37-38-34-14-12-32-30-8-4-22-20-24(40)6-10-26(22)28(30)16-18-36(32,34)2/h5-6,9-10,19-20,27-32,39-40H,3-4,7-8,11-18H2,1-2H3/b37-33+,38-34+. The Morgan fingerprint density at radius 1 is 0.600 bits per heavy atom. The van der Waals surface area contributed by atoms with E-state index in [1.807, 2.05) is 24.3 Å². The maximum absolute atomic E-state index is 10.0. The van der Waals surface area contributed by atoms with Gasteiger partial charge in [-0.15, -0.1) is 0 Å². The van der Waals surface area contributed by atoms with Crippen LogP contribution in [-0.2, 0) is 12.8 Å². The zero-order chi connectivity index (χ0) is 27.2. The normalized spacial score (nSPS) is 41.5. The van der Waals surface area contributed by atoms with E-state index in [1.165, 1.54) is 85.0 Å². The van der Waals surface area contributed by atoms with Crippen LogP contribution in [0, 0.1) is 34.5 Å². The van der Waals surface area contributed by atoms with Gasteiger partial charge >= 0.3 is 0 Å². The monoisotopic (exact) mass is 536 g/mol. The van der Waals surface area contributed by atoms with Gasteiger partial charge in [-0.3, -0.25) is 0 Å². The van der Waals surface area contributed by atoms with Gasteiger partial charge in [0.25, 0.3) is 0 Å². The Hall–Kier alpha value is -2.62. The molecule has 0 amide bonds. The minimum absolute atomic E-state index is 0.189. The molecule has 0 aromatic heterocycles. The van der Waals surface area contributed by atoms with Crippen molar-refractivity contribution in [3.05, 3.63) is 58.7 Å². The molecule has 4 fully saturated rings. The number of hydrogen-bond donors (Lipinski definition) is 2. The average molecular weight is 537 g/mol. The third-order valence-corrected chi connectivity index (χ3v) is 13.2. The lowest BCUT2D eigenvalue weighted by Gasteiger charge is -2.49. The predicted octanol–water partition coefficient (Wildman–Crippen LogP) is 8.31. The molecule has 8 atom stereocenters. The summed E-state index contributed by atoms with van der Waals surface area (Å²) < 4.78 is 0. The summed E-state index contributed by atoms with van der Waals surface area (Å²) >= 11 is 0. The molecule has 0 heterocycles. The first-order valence-electron chi connectivity index (χ1n) is 16.1. The first-order chi connectivity index (χ1) is 19.3. The summed E-state index contributed by atoms with van der Waals surface area (Å²) in [5.41, 5.74) is 8.90. The molecule has 4 nitrogen and oxygen atoms in total. The maximum Gasteiger partial charge on any atom is 0.115 e. The predicted molar refractivity (Wildman–Crippen MR) is 160 cm³/mol. The zero-order valence-electron chi connectivity index (χ0n) is 24.2. The van der Waals surface area contributed by atoms with Crippen LogP contribution < -0.4 is 0 Å². The molecule has 4 saturated carbocycles. The van der Waals surface area contributed by atoms with Gasteiger partial charge in [0.15, 0.2) is 0 Å². The Balaban J connectivity index is 1.04. The average Bonchev–Trinajstić information content (AvgIpc) is 3.47. The highest BCUT2D eigenvalue weighted by atomic mass is 16.3. The summed E-state index contributed by atoms with van der Waals surface area (Å²) in [7, 11) is 0. The van der Waals surface area contributed by atoms with Gasteiger partial charge in [0.1, 0.15) is 11.5 Å². The van der Waals surface area contributed by atoms with Crippen molar-refractivity contribution in [2.75, 3.05) is 0 Å². The number of fused-ring (bicyclic) bond motifs is 10. The Labute approximate surface area is 239 Å². The van der Waals surface area contributed by atoms with Gasteiger partial charge in [0.2, 0.25) is 0 Å². The van der Waals surface area contributed by atoms with Crippen molar-refractivity contribution in [3.8, 4) is 11.5 Å². The molecule has 40 heavy (non-hydrogen) atoms. The van der Waals surface area contributed by atoms with E-state index in [9.17, 15) is 10.2 Å². The van der Waals surface area contributed by atoms with Crippen molar-refractivity contribution in [3.63, 3.8) is 0 Å². The molecule has 2 N–H and O–H groups in total. The lowest BCUT2D eigenvalue weighted by molar-refractivity contribution is 0.0948. The molecule has 0 bridgehead atoms. The third kappa shape index (κ3) is 3.56. The summed E-state index contributed by atoms with van der Waals surface area (Å²) in [4.78, 5) is 0. The number of aryl methyl sites for hydroxylation is 2. The van der Waals surface area contributed by atoms with Gasteiger partial charge in [-0.25, -0.2) is 0 Å². The van der Waals surface area contributed by atoms with Crippen LogP contribution in [0.15, 0.2) is 46.6 Å². The Morgan fingerprint density at radius 3 is 1.50 bits per heavy atom. The van der Waals surface area contributed by atoms with Crippen molar-refractivity contribution < 1.29 is 10.2 Å². The van der Waals surface area contributed by atoms with Crippen LogP contribution in [0.3, 0.4) is 0 Å². The van der Waals surface area contributed by atoms with E-state index in [2.05, 4.69) is 26.0 Å². The molecule has 0 aliphatic heterocycles. The molecule has 8 rings (SSSR count). The molecule has 0 saturated heterocycles. The van der Waals surface area contributed by atoms with Gasteiger partial charge in [-0.2, -0.15) is 10.2 Å². The fraction of sp³-hybridized carbons (Fsp3) is 0.611. The highest BCUT2D eigenvalue weighted by Crippen LogP contribution is 2.62. The van der Waals surface area contributed by atoms with E-state index in [-0.39, 0.29) is 10.8 Å². The third-order valence-electron chi connectivity index (χ3n) is 13.2. The van der Waals surface area contributed by atoms with Crippen molar-refractivity contribution in [2.45, 2.75) is 103 Å². The fourth-order valence-electron chi connectivity index (χ4n) is 11.2. The zero-order valence-corrected chi connectivity index (χ0v) is 24.2. The molecule has 0 radical (unpaired) electrons. The Morgan fingerprint density at radius 2 is 1.05 bits per heavy atom. The maximum atomic E-state index is 10.0. The van der Waals surface area contributed by atoms with Crippen LogP contribution in [0.25, 0.3) is 0 Å². The Kier molecular flexibility index (Phi) is 5.61. The second kappa shape index (κ2) is 8.94. The molecule has 4 heteroatoms. The second-order valence-corrected chi connectivity index (χ2v) is 14.7. The molecule has 2 aromatic carbocycles. The summed E-state index contributed by atoms with van der Waals surface area (Å²) in [6.45, 7) is 5.02. The van der Waals surface area contributed by atoms with Crippen LogP contribution >= 0.6 is 0 Å². The molecule has 0 spiro atoms. The van der Waals surface area contributed by atoms with Crippen LogP contribution in [0.5, 0.6) is 11.5 Å². The topological polar surface area (TPSA) is 65.2 Å². The number of phenolic OH excluding ortho intramolecular Hbond substituents is 2. The molecule has 8 unspecified atom stereocenters. The summed E-state index contributed by atoms with van der Waals surface area (Å²) in [5.74, 6) is 4.98. The van der Waals surface area contributed by atoms with E-state index in [1.54, 1.807) is 0 Å². The van der Waals surface area contributed by atoms with E-state index in [0.717, 1.165) is 37.5 Å². The molecular formula is C36H44N2O2. The van der Waals surface area contributed by atoms with E-state index in [0.29, 0.717) is 35.2 Å². The fourth-order valence-corrected chi connectivity index (χ4v) is 11.2. The molecular weight excluding hydrogens is 492 g/mol. The SMILES string of the molecule is CC12CCC3c4ccc(O)cc4CCC3C1CC/C2=N\N=C1/CCC2C3CCc4cc(O)ccc4C3CCC12C. The van der Waals surface area contributed by atoms with Crippen molar-refractivity contribution in [2.24, 2.45) is 44.7 Å². The van der Waals surface area contributed by atoms with Crippen molar-refractivity contribution in [1.82, 2.24) is 0 Å². The molecule has 6 aliphatic rings. The first kappa shape index (κ1) is 25.1. The van der Waals surface area contributed by atoms with Gasteiger partial charge in [0, 0.05) is 22.3 Å². The van der Waals surface area contributed by atoms with Crippen molar-refractivity contribution in [1.29, 1.82) is 0 Å². The number of benzene rings is 2. The number of rotatable bonds is 1. The van der Waals surface area contributed by atoms with E-state index >= 15 is 0 Å². The van der Waals surface area contributed by atoms with E-state index < -0.39 is 0 Å². The number of aromatic hydroxyl groups is 2. The van der Waals surface area contributed by atoms with Gasteiger partial charge in [-0.05, 0) is 159 Å². The second-order valence-electron chi connectivity index (χ2n) is 14.7. The highest BCUT2D eigenvalue weighted by molar-refractivity contribution is 5.95. The summed E-state index contributed by atoms with van der Waals surface area (Å²) in [6.07, 6.45) is 14.3. The number of phenols is 2. The Bertz CT molecular complexity index is 1320. The van der Waals surface area contributed by atoms with Crippen LogP contribution in [-0.4, -0.2) is 21.6 Å². The molecule has 6 aliphatic carbocycles. The van der Waals surface area contributed by atoms with E-state index in [4.69, 9.17) is 10.2 Å². The molecule has 210 valence electrons.